The van der Waals surface area contributed by atoms with E-state index in [-0.39, 0.29) is 18.1 Å². The predicted octanol–water partition coefficient (Wildman–Crippen LogP) is 2.11. The lowest BCUT2D eigenvalue weighted by Crippen LogP contribution is -2.06. The Morgan fingerprint density at radius 2 is 2.05 bits per heavy atom. The predicted molar refractivity (Wildman–Crippen MR) is 68.9 cm³/mol. The monoisotopic (exact) mass is 262 g/mol. The first kappa shape index (κ1) is 12.9. The average molecular weight is 262 g/mol. The summed E-state index contributed by atoms with van der Waals surface area (Å²) in [5.41, 5.74) is 7.16. The van der Waals surface area contributed by atoms with E-state index in [1.165, 1.54) is 0 Å². The number of nitrogen functional groups attached to an aromatic ring is 1. The van der Waals surface area contributed by atoms with Crippen LogP contribution in [0.3, 0.4) is 0 Å². The van der Waals surface area contributed by atoms with Crippen molar-refractivity contribution in [2.45, 2.75) is 6.92 Å². The molecule has 0 atom stereocenters. The topological polar surface area (TPSA) is 87.6 Å². The quantitative estimate of drug-likeness (QED) is 0.849. The van der Waals surface area contributed by atoms with Crippen molar-refractivity contribution in [1.82, 2.24) is 5.16 Å². The molecule has 2 aromatic rings. The summed E-state index contributed by atoms with van der Waals surface area (Å²) in [6.07, 6.45) is 0. The van der Waals surface area contributed by atoms with Gasteiger partial charge in [-0.15, -0.1) is 0 Å². The van der Waals surface area contributed by atoms with E-state index >= 15 is 0 Å². The highest BCUT2D eigenvalue weighted by atomic mass is 16.6. The van der Waals surface area contributed by atoms with Gasteiger partial charge in [-0.2, -0.15) is 0 Å². The van der Waals surface area contributed by atoms with Crippen LogP contribution in [0.2, 0.25) is 0 Å². The van der Waals surface area contributed by atoms with Gasteiger partial charge in [0, 0.05) is 5.56 Å². The van der Waals surface area contributed by atoms with E-state index in [4.69, 9.17) is 19.7 Å². The molecule has 0 aliphatic heterocycles. The molecule has 100 valence electrons. The van der Waals surface area contributed by atoms with Gasteiger partial charge in [-0.05, 0) is 31.2 Å². The molecule has 0 amide bonds. The maximum Gasteiger partial charge on any atom is 0.379 e. The van der Waals surface area contributed by atoms with Gasteiger partial charge in [0.2, 0.25) is 0 Å². The number of anilines is 1. The van der Waals surface area contributed by atoms with Crippen LogP contribution in [0, 0.1) is 0 Å². The molecule has 0 aliphatic carbocycles. The Hall–Kier alpha value is -2.50. The minimum Gasteiger partial charge on any atom is -0.497 e. The zero-order valence-electron chi connectivity index (χ0n) is 10.7. The standard InChI is InChI=1S/C13H14N2O4/c1-3-18-13(16)12-10(14)11(15-19-12)8-4-6-9(17-2)7-5-8/h4-7H,3,14H2,1-2H3. The molecular weight excluding hydrogens is 248 g/mol. The van der Waals surface area contributed by atoms with Gasteiger partial charge in [0.05, 0.1) is 13.7 Å². The lowest BCUT2D eigenvalue weighted by Gasteiger charge is -2.01. The van der Waals surface area contributed by atoms with Crippen molar-refractivity contribution >= 4 is 11.7 Å². The Balaban J connectivity index is 2.32. The third kappa shape index (κ3) is 2.52. The van der Waals surface area contributed by atoms with E-state index in [2.05, 4.69) is 5.16 Å². The summed E-state index contributed by atoms with van der Waals surface area (Å²) in [5, 5.41) is 3.80. The summed E-state index contributed by atoms with van der Waals surface area (Å²) in [6.45, 7) is 1.95. The first-order chi connectivity index (χ1) is 9.17. The van der Waals surface area contributed by atoms with Crippen LogP contribution in [-0.4, -0.2) is 24.8 Å². The minimum absolute atomic E-state index is 0.0762. The fraction of sp³-hybridized carbons (Fsp3) is 0.231. The van der Waals surface area contributed by atoms with Gasteiger partial charge in [-0.1, -0.05) is 5.16 Å². The minimum atomic E-state index is -0.618. The molecule has 19 heavy (non-hydrogen) atoms. The first-order valence-corrected chi connectivity index (χ1v) is 5.74. The number of nitrogens with two attached hydrogens (primary N) is 1. The van der Waals surface area contributed by atoms with Crippen LogP contribution >= 0.6 is 0 Å². The van der Waals surface area contributed by atoms with Crippen molar-refractivity contribution < 1.29 is 18.8 Å². The SMILES string of the molecule is CCOC(=O)c1onc(-c2ccc(OC)cc2)c1N. The Bertz CT molecular complexity index is 575. The Morgan fingerprint density at radius 1 is 1.37 bits per heavy atom. The molecule has 6 nitrogen and oxygen atoms in total. The Morgan fingerprint density at radius 3 is 2.63 bits per heavy atom. The molecule has 0 fully saturated rings. The molecule has 1 aromatic heterocycles. The summed E-state index contributed by atoms with van der Waals surface area (Å²) < 4.78 is 14.8. The number of nitrogens with zero attached hydrogens (tertiary/aromatic N) is 1. The van der Waals surface area contributed by atoms with Crippen molar-refractivity contribution in [3.63, 3.8) is 0 Å². The normalized spacial score (nSPS) is 10.2. The second-order valence-corrected chi connectivity index (χ2v) is 3.72. The van der Waals surface area contributed by atoms with E-state index < -0.39 is 5.97 Å². The van der Waals surface area contributed by atoms with Crippen LogP contribution in [0.4, 0.5) is 5.69 Å². The molecule has 0 bridgehead atoms. The molecule has 2 rings (SSSR count). The fourth-order valence-electron chi connectivity index (χ4n) is 1.60. The molecule has 1 heterocycles. The van der Waals surface area contributed by atoms with Crippen molar-refractivity contribution in [3.05, 3.63) is 30.0 Å². The summed E-state index contributed by atoms with van der Waals surface area (Å²) >= 11 is 0. The second kappa shape index (κ2) is 5.43. The van der Waals surface area contributed by atoms with Gasteiger partial charge >= 0.3 is 5.97 Å². The van der Waals surface area contributed by atoms with Crippen LogP contribution < -0.4 is 10.5 Å². The zero-order valence-corrected chi connectivity index (χ0v) is 10.7. The number of methoxy groups -OCH3 is 1. The second-order valence-electron chi connectivity index (χ2n) is 3.72. The molecule has 6 heteroatoms. The number of carbonyl (C=O) groups is 1. The largest absolute Gasteiger partial charge is 0.497 e. The van der Waals surface area contributed by atoms with E-state index in [1.54, 1.807) is 38.3 Å². The number of ether oxygens (including phenoxy) is 2. The number of hydrogen-bond donors (Lipinski definition) is 1. The molecule has 0 radical (unpaired) electrons. The Labute approximate surface area is 110 Å². The highest BCUT2D eigenvalue weighted by molar-refractivity contribution is 5.95. The third-order valence-electron chi connectivity index (χ3n) is 2.55. The molecule has 0 aliphatic rings. The number of esters is 1. The van der Waals surface area contributed by atoms with Gasteiger partial charge in [0.1, 0.15) is 17.1 Å². The van der Waals surface area contributed by atoms with E-state index in [0.717, 1.165) is 11.3 Å². The third-order valence-corrected chi connectivity index (χ3v) is 2.55. The van der Waals surface area contributed by atoms with Crippen molar-refractivity contribution in [1.29, 1.82) is 0 Å². The van der Waals surface area contributed by atoms with Gasteiger partial charge in [-0.3, -0.25) is 0 Å². The van der Waals surface area contributed by atoms with Crippen molar-refractivity contribution in [2.24, 2.45) is 0 Å². The van der Waals surface area contributed by atoms with Crippen LogP contribution in [-0.2, 0) is 4.74 Å². The van der Waals surface area contributed by atoms with Gasteiger partial charge in [0.25, 0.3) is 5.76 Å². The molecule has 0 saturated heterocycles. The molecular formula is C13H14N2O4. The molecule has 0 spiro atoms. The summed E-state index contributed by atoms with van der Waals surface area (Å²) in [5.74, 6) is 0.0244. The van der Waals surface area contributed by atoms with E-state index in [9.17, 15) is 4.79 Å². The van der Waals surface area contributed by atoms with Crippen LogP contribution in [0.15, 0.2) is 28.8 Å². The zero-order chi connectivity index (χ0) is 13.8. The van der Waals surface area contributed by atoms with Crippen LogP contribution in [0.1, 0.15) is 17.5 Å². The lowest BCUT2D eigenvalue weighted by molar-refractivity contribution is 0.0481. The Kier molecular flexibility index (Phi) is 3.70. The van der Waals surface area contributed by atoms with Crippen LogP contribution in [0.5, 0.6) is 5.75 Å². The molecule has 0 saturated carbocycles. The van der Waals surface area contributed by atoms with Crippen molar-refractivity contribution in [3.8, 4) is 17.0 Å². The number of hydrogen-bond acceptors (Lipinski definition) is 6. The van der Waals surface area contributed by atoms with E-state index in [1.807, 2.05) is 0 Å². The highest BCUT2D eigenvalue weighted by Crippen LogP contribution is 2.29. The average Bonchev–Trinajstić information content (AvgIpc) is 2.81. The maximum absolute atomic E-state index is 11.6. The van der Waals surface area contributed by atoms with Gasteiger partial charge in [-0.25, -0.2) is 4.79 Å². The molecule has 2 N–H and O–H groups in total. The summed E-state index contributed by atoms with van der Waals surface area (Å²) in [7, 11) is 1.58. The maximum atomic E-state index is 11.6. The first-order valence-electron chi connectivity index (χ1n) is 5.74. The van der Waals surface area contributed by atoms with Crippen molar-refractivity contribution in [2.75, 3.05) is 19.5 Å². The van der Waals surface area contributed by atoms with Gasteiger partial charge in [0.15, 0.2) is 0 Å². The number of benzene rings is 1. The highest BCUT2D eigenvalue weighted by Gasteiger charge is 2.21. The summed E-state index contributed by atoms with van der Waals surface area (Å²) in [6, 6.07) is 7.10. The smallest absolute Gasteiger partial charge is 0.379 e. The fourth-order valence-corrected chi connectivity index (χ4v) is 1.60. The van der Waals surface area contributed by atoms with Gasteiger partial charge < -0.3 is 19.7 Å². The van der Waals surface area contributed by atoms with E-state index in [0.29, 0.717) is 5.69 Å². The summed E-state index contributed by atoms with van der Waals surface area (Å²) in [4.78, 5) is 11.6. The number of carbonyl (C=O) groups excluding carboxylic acids is 1. The number of aromatic nitrogens is 1. The molecule has 0 unspecified atom stereocenters. The number of rotatable bonds is 4. The lowest BCUT2D eigenvalue weighted by atomic mass is 10.1. The molecule has 1 aromatic carbocycles. The van der Waals surface area contributed by atoms with Crippen LogP contribution in [0.25, 0.3) is 11.3 Å².